The van der Waals surface area contributed by atoms with Gasteiger partial charge in [-0.05, 0) is 25.1 Å². The highest BCUT2D eigenvalue weighted by atomic mass is 35.5. The molecule has 1 saturated heterocycles. The lowest BCUT2D eigenvalue weighted by atomic mass is 10.1. The van der Waals surface area contributed by atoms with Crippen LogP contribution in [0.15, 0.2) is 29.4 Å². The van der Waals surface area contributed by atoms with Gasteiger partial charge in [-0.15, -0.1) is 12.4 Å². The number of hydrogen-bond acceptors (Lipinski definition) is 6. The van der Waals surface area contributed by atoms with Crippen molar-refractivity contribution >= 4 is 34.3 Å². The SMILES string of the molecule is C[C@H]1CNCCN1C(=O)c1ccc2c(c1)S(=O)(=O)Nc1ncnn1-2.Cl. The van der Waals surface area contributed by atoms with Gasteiger partial charge in [0.25, 0.3) is 15.9 Å². The zero-order valence-corrected chi connectivity index (χ0v) is 15.0. The Bertz CT molecular complexity index is 928. The molecule has 4 rings (SSSR count). The zero-order chi connectivity index (χ0) is 16.9. The highest BCUT2D eigenvalue weighted by Gasteiger charge is 2.31. The lowest BCUT2D eigenvalue weighted by Crippen LogP contribution is -2.52. The molecule has 0 unspecified atom stereocenters. The Morgan fingerprint density at radius 3 is 2.92 bits per heavy atom. The van der Waals surface area contributed by atoms with Crippen molar-refractivity contribution in [3.8, 4) is 5.69 Å². The van der Waals surface area contributed by atoms with E-state index < -0.39 is 10.0 Å². The molecular weight excluding hydrogens is 368 g/mol. The molecule has 0 spiro atoms. The van der Waals surface area contributed by atoms with Gasteiger partial charge in [0.1, 0.15) is 11.2 Å². The second-order valence-electron chi connectivity index (χ2n) is 5.84. The summed E-state index contributed by atoms with van der Waals surface area (Å²) in [6, 6.07) is 4.67. The monoisotopic (exact) mass is 384 g/mol. The third kappa shape index (κ3) is 2.86. The minimum Gasteiger partial charge on any atom is -0.333 e. The van der Waals surface area contributed by atoms with Gasteiger partial charge in [0.15, 0.2) is 0 Å². The molecule has 0 bridgehead atoms. The summed E-state index contributed by atoms with van der Waals surface area (Å²) in [5.74, 6) is -0.0382. The highest BCUT2D eigenvalue weighted by molar-refractivity contribution is 7.93. The van der Waals surface area contributed by atoms with Crippen molar-refractivity contribution in [1.82, 2.24) is 25.0 Å². The number of rotatable bonds is 1. The van der Waals surface area contributed by atoms with E-state index in [2.05, 4.69) is 20.1 Å². The molecular formula is C14H17ClN6O3S. The van der Waals surface area contributed by atoms with Crippen LogP contribution in [0.5, 0.6) is 0 Å². The van der Waals surface area contributed by atoms with E-state index in [-0.39, 0.29) is 35.2 Å². The van der Waals surface area contributed by atoms with Crippen LogP contribution in [0.2, 0.25) is 0 Å². The molecule has 2 aromatic rings. The summed E-state index contributed by atoms with van der Waals surface area (Å²) in [5, 5.41) is 7.24. The Morgan fingerprint density at radius 2 is 2.16 bits per heavy atom. The minimum atomic E-state index is -3.78. The number of benzene rings is 1. The van der Waals surface area contributed by atoms with Crippen molar-refractivity contribution in [3.05, 3.63) is 30.1 Å². The summed E-state index contributed by atoms with van der Waals surface area (Å²) in [6.45, 7) is 4.00. The Labute approximate surface area is 150 Å². The summed E-state index contributed by atoms with van der Waals surface area (Å²) >= 11 is 0. The molecule has 1 atom stereocenters. The lowest BCUT2D eigenvalue weighted by molar-refractivity contribution is 0.0655. The summed E-state index contributed by atoms with van der Waals surface area (Å²) in [6.07, 6.45) is 1.27. The van der Waals surface area contributed by atoms with Gasteiger partial charge in [-0.2, -0.15) is 14.8 Å². The van der Waals surface area contributed by atoms with E-state index in [0.717, 1.165) is 13.1 Å². The molecule has 2 aliphatic heterocycles. The molecule has 2 aliphatic rings. The maximum atomic E-state index is 12.8. The van der Waals surface area contributed by atoms with E-state index in [4.69, 9.17) is 0 Å². The number of hydrogen-bond donors (Lipinski definition) is 2. The number of nitrogens with zero attached hydrogens (tertiary/aromatic N) is 4. The van der Waals surface area contributed by atoms with Crippen LogP contribution in [0.25, 0.3) is 5.69 Å². The quantitative estimate of drug-likeness (QED) is 0.728. The molecule has 0 aliphatic carbocycles. The van der Waals surface area contributed by atoms with Crippen molar-refractivity contribution in [2.24, 2.45) is 0 Å². The number of carbonyl (C=O) groups is 1. The van der Waals surface area contributed by atoms with Gasteiger partial charge in [-0.25, -0.2) is 13.1 Å². The number of fused-ring (bicyclic) bond motifs is 3. The standard InChI is InChI=1S/C14H16N6O3S.ClH/c1-9-7-15-4-5-19(9)13(21)10-2-3-11-12(6-10)24(22,23)18-14-16-8-17-20(11)14;/h2-3,6,8-9,15H,4-5,7H2,1H3,(H,16,17,18);1H/t9-;/m0./s1. The van der Waals surface area contributed by atoms with Crippen LogP contribution in [0, 0.1) is 0 Å². The molecule has 1 amide bonds. The predicted molar refractivity (Wildman–Crippen MR) is 92.8 cm³/mol. The second kappa shape index (κ2) is 6.28. The minimum absolute atomic E-state index is 0. The molecule has 1 fully saturated rings. The van der Waals surface area contributed by atoms with Crippen LogP contribution < -0.4 is 10.0 Å². The molecule has 9 nitrogen and oxygen atoms in total. The first-order valence-corrected chi connectivity index (χ1v) is 9.04. The summed E-state index contributed by atoms with van der Waals surface area (Å²) in [5.41, 5.74) is 0.725. The molecule has 11 heteroatoms. The van der Waals surface area contributed by atoms with E-state index >= 15 is 0 Å². The van der Waals surface area contributed by atoms with Crippen molar-refractivity contribution in [3.63, 3.8) is 0 Å². The summed E-state index contributed by atoms with van der Waals surface area (Å²) in [4.78, 5) is 18.4. The molecule has 134 valence electrons. The average molecular weight is 385 g/mol. The van der Waals surface area contributed by atoms with Crippen molar-refractivity contribution < 1.29 is 13.2 Å². The van der Waals surface area contributed by atoms with E-state index in [1.54, 1.807) is 17.0 Å². The Kier molecular flexibility index (Phi) is 4.43. The van der Waals surface area contributed by atoms with E-state index in [1.165, 1.54) is 17.1 Å². The predicted octanol–water partition coefficient (Wildman–Crippen LogP) is 0.237. The van der Waals surface area contributed by atoms with Crippen LogP contribution >= 0.6 is 12.4 Å². The van der Waals surface area contributed by atoms with Gasteiger partial charge in [-0.1, -0.05) is 0 Å². The number of halogens is 1. The van der Waals surface area contributed by atoms with Crippen molar-refractivity contribution in [2.75, 3.05) is 24.4 Å². The van der Waals surface area contributed by atoms with Gasteiger partial charge in [0.2, 0.25) is 5.95 Å². The number of aromatic nitrogens is 3. The van der Waals surface area contributed by atoms with E-state index in [0.29, 0.717) is 17.8 Å². The maximum absolute atomic E-state index is 12.8. The average Bonchev–Trinajstić information content (AvgIpc) is 3.02. The van der Waals surface area contributed by atoms with Gasteiger partial charge in [0.05, 0.1) is 5.69 Å². The maximum Gasteiger partial charge on any atom is 0.266 e. The molecule has 0 saturated carbocycles. The van der Waals surface area contributed by atoms with Crippen LogP contribution in [-0.2, 0) is 10.0 Å². The van der Waals surface area contributed by atoms with E-state index in [9.17, 15) is 13.2 Å². The lowest BCUT2D eigenvalue weighted by Gasteiger charge is -2.34. The number of sulfonamides is 1. The number of carbonyl (C=O) groups excluding carboxylic acids is 1. The van der Waals surface area contributed by atoms with E-state index in [1.807, 2.05) is 6.92 Å². The molecule has 1 aromatic heterocycles. The molecule has 1 aromatic carbocycles. The number of piperazine rings is 1. The first-order chi connectivity index (χ1) is 11.5. The van der Waals surface area contributed by atoms with Crippen molar-refractivity contribution in [1.29, 1.82) is 0 Å². The number of anilines is 1. The highest BCUT2D eigenvalue weighted by Crippen LogP contribution is 2.30. The molecule has 3 heterocycles. The topological polar surface area (TPSA) is 109 Å². The Morgan fingerprint density at radius 1 is 1.36 bits per heavy atom. The summed E-state index contributed by atoms with van der Waals surface area (Å²) in [7, 11) is -3.78. The van der Waals surface area contributed by atoms with Crippen LogP contribution in [0.4, 0.5) is 5.95 Å². The second-order valence-corrected chi connectivity index (χ2v) is 7.49. The van der Waals surface area contributed by atoms with Gasteiger partial charge < -0.3 is 10.2 Å². The third-order valence-electron chi connectivity index (χ3n) is 4.26. The van der Waals surface area contributed by atoms with Crippen LogP contribution in [0.1, 0.15) is 17.3 Å². The molecule has 25 heavy (non-hydrogen) atoms. The largest absolute Gasteiger partial charge is 0.333 e. The summed E-state index contributed by atoms with van der Waals surface area (Å²) < 4.78 is 28.6. The van der Waals surface area contributed by atoms with Gasteiger partial charge in [-0.3, -0.25) is 4.79 Å². The van der Waals surface area contributed by atoms with Gasteiger partial charge >= 0.3 is 0 Å². The van der Waals surface area contributed by atoms with Crippen molar-refractivity contribution in [2.45, 2.75) is 17.9 Å². The van der Waals surface area contributed by atoms with Gasteiger partial charge in [0, 0.05) is 31.2 Å². The zero-order valence-electron chi connectivity index (χ0n) is 13.3. The number of amides is 1. The first-order valence-electron chi connectivity index (χ1n) is 7.56. The first kappa shape index (κ1) is 17.6. The fraction of sp³-hybridized carbons (Fsp3) is 0.357. The fourth-order valence-electron chi connectivity index (χ4n) is 3.01. The number of nitrogens with one attached hydrogen (secondary N) is 2. The molecule has 2 N–H and O–H groups in total. The smallest absolute Gasteiger partial charge is 0.266 e. The van der Waals surface area contributed by atoms with Crippen LogP contribution in [-0.4, -0.2) is 59.7 Å². The normalized spacial score (nSPS) is 20.7. The van der Waals surface area contributed by atoms with Crippen LogP contribution in [0.3, 0.4) is 0 Å². The fourth-order valence-corrected chi connectivity index (χ4v) is 4.21. The Hall–Kier alpha value is -2.17. The third-order valence-corrected chi connectivity index (χ3v) is 5.62. The molecule has 0 radical (unpaired) electrons. The Balaban J connectivity index is 0.00000182.